The molecule has 1 aromatic rings. The Morgan fingerprint density at radius 3 is 2.81 bits per heavy atom. The van der Waals surface area contributed by atoms with Crippen LogP contribution in [0.3, 0.4) is 0 Å². The van der Waals surface area contributed by atoms with E-state index in [1.165, 1.54) is 6.42 Å². The van der Waals surface area contributed by atoms with Crippen molar-refractivity contribution in [2.45, 2.75) is 50.5 Å². The zero-order chi connectivity index (χ0) is 14.9. The first-order valence-corrected chi connectivity index (χ1v) is 8.05. The Bertz CT molecular complexity index is 547. The van der Waals surface area contributed by atoms with Crippen molar-refractivity contribution in [3.63, 3.8) is 0 Å². The summed E-state index contributed by atoms with van der Waals surface area (Å²) in [7, 11) is 1.65. The number of carbonyl (C=O) groups is 1. The molecule has 0 radical (unpaired) electrons. The van der Waals surface area contributed by atoms with E-state index in [9.17, 15) is 4.79 Å². The molecule has 1 aromatic carbocycles. The van der Waals surface area contributed by atoms with Crippen molar-refractivity contribution < 1.29 is 14.3 Å². The van der Waals surface area contributed by atoms with Crippen molar-refractivity contribution in [3.8, 4) is 5.75 Å². The molecule has 0 atom stereocenters. The molecule has 2 aliphatic rings. The van der Waals surface area contributed by atoms with Gasteiger partial charge >= 0.3 is 0 Å². The van der Waals surface area contributed by atoms with Crippen LogP contribution in [-0.4, -0.2) is 25.1 Å². The van der Waals surface area contributed by atoms with E-state index < -0.39 is 5.60 Å². The first-order valence-electron chi connectivity index (χ1n) is 7.67. The van der Waals surface area contributed by atoms with Crippen molar-refractivity contribution >= 4 is 17.4 Å². The summed E-state index contributed by atoms with van der Waals surface area (Å²) in [6, 6.07) is 3.79. The van der Waals surface area contributed by atoms with Crippen LogP contribution in [0.1, 0.15) is 43.2 Å². The summed E-state index contributed by atoms with van der Waals surface area (Å²) in [5.74, 6) is 1.01. The number of halogens is 1. The molecule has 0 bridgehead atoms. The van der Waals surface area contributed by atoms with Gasteiger partial charge in [0.05, 0.1) is 6.61 Å². The predicted octanol–water partition coefficient (Wildman–Crippen LogP) is 3.74. The van der Waals surface area contributed by atoms with Gasteiger partial charge in [-0.25, -0.2) is 0 Å². The van der Waals surface area contributed by atoms with Gasteiger partial charge < -0.3 is 9.47 Å². The fourth-order valence-electron chi connectivity index (χ4n) is 3.53. The van der Waals surface area contributed by atoms with Crippen LogP contribution >= 0.6 is 11.6 Å². The summed E-state index contributed by atoms with van der Waals surface area (Å²) >= 11 is 6.17. The topological polar surface area (TPSA) is 35.5 Å². The molecule has 0 spiro atoms. The Kier molecular flexibility index (Phi) is 4.23. The average Bonchev–Trinajstić information content (AvgIpc) is 2.96. The molecule has 3 nitrogen and oxygen atoms in total. The Morgan fingerprint density at radius 2 is 2.10 bits per heavy atom. The molecule has 4 heteroatoms. The van der Waals surface area contributed by atoms with E-state index in [0.717, 1.165) is 49.0 Å². The Hall–Kier alpha value is -1.06. The number of fused-ring (bicyclic) bond motifs is 1. The summed E-state index contributed by atoms with van der Waals surface area (Å²) < 4.78 is 11.3. The molecule has 1 fully saturated rings. The van der Waals surface area contributed by atoms with Crippen molar-refractivity contribution in [1.29, 1.82) is 0 Å². The van der Waals surface area contributed by atoms with Gasteiger partial charge in [-0.15, -0.1) is 0 Å². The third-order valence-corrected chi connectivity index (χ3v) is 4.95. The lowest BCUT2D eigenvalue weighted by Gasteiger charge is -2.34. The number of benzene rings is 1. The highest BCUT2D eigenvalue weighted by Crippen LogP contribution is 2.37. The van der Waals surface area contributed by atoms with Crippen LogP contribution in [0.2, 0.25) is 5.02 Å². The van der Waals surface area contributed by atoms with E-state index >= 15 is 0 Å². The highest BCUT2D eigenvalue weighted by molar-refractivity contribution is 6.30. The molecule has 21 heavy (non-hydrogen) atoms. The quantitative estimate of drug-likeness (QED) is 0.850. The first-order chi connectivity index (χ1) is 10.1. The zero-order valence-electron chi connectivity index (χ0n) is 12.4. The van der Waals surface area contributed by atoms with Gasteiger partial charge in [0, 0.05) is 30.5 Å². The van der Waals surface area contributed by atoms with Crippen molar-refractivity contribution in [2.24, 2.45) is 0 Å². The Labute approximate surface area is 130 Å². The van der Waals surface area contributed by atoms with Crippen LogP contribution in [0, 0.1) is 0 Å². The van der Waals surface area contributed by atoms with Gasteiger partial charge in [0.2, 0.25) is 0 Å². The molecule has 0 N–H and O–H groups in total. The lowest BCUT2D eigenvalue weighted by Crippen LogP contribution is -2.43. The molecule has 0 unspecified atom stereocenters. The lowest BCUT2D eigenvalue weighted by atomic mass is 9.79. The smallest absolute Gasteiger partial charge is 0.169 e. The van der Waals surface area contributed by atoms with Crippen LogP contribution in [0.25, 0.3) is 0 Å². The number of hydrogen-bond acceptors (Lipinski definition) is 3. The van der Waals surface area contributed by atoms with Gasteiger partial charge in [-0.2, -0.15) is 0 Å². The maximum Gasteiger partial charge on any atom is 0.169 e. The van der Waals surface area contributed by atoms with Crippen molar-refractivity contribution in [2.75, 3.05) is 13.7 Å². The second-order valence-electron chi connectivity index (χ2n) is 6.01. The zero-order valence-corrected chi connectivity index (χ0v) is 13.2. The molecule has 114 valence electrons. The molecule has 1 aliphatic heterocycles. The predicted molar refractivity (Wildman–Crippen MR) is 82.2 cm³/mol. The van der Waals surface area contributed by atoms with Crippen molar-refractivity contribution in [3.05, 3.63) is 28.3 Å². The highest BCUT2D eigenvalue weighted by Gasteiger charge is 2.39. The van der Waals surface area contributed by atoms with Gasteiger partial charge in [0.1, 0.15) is 11.4 Å². The second-order valence-corrected chi connectivity index (χ2v) is 6.45. The molecule has 0 aromatic heterocycles. The Morgan fingerprint density at radius 1 is 1.33 bits per heavy atom. The number of hydrogen-bond donors (Lipinski definition) is 0. The van der Waals surface area contributed by atoms with Crippen LogP contribution in [0.4, 0.5) is 0 Å². The van der Waals surface area contributed by atoms with E-state index in [2.05, 4.69) is 0 Å². The number of ether oxygens (including phenoxy) is 2. The molecular weight excluding hydrogens is 288 g/mol. The fraction of sp³-hybridized carbons (Fsp3) is 0.588. The molecule has 0 saturated heterocycles. The van der Waals surface area contributed by atoms with Gasteiger partial charge in [-0.05, 0) is 30.5 Å². The second kappa shape index (κ2) is 5.98. The number of methoxy groups -OCH3 is 1. The monoisotopic (exact) mass is 308 g/mol. The van der Waals surface area contributed by atoms with Crippen molar-refractivity contribution in [1.82, 2.24) is 0 Å². The minimum Gasteiger partial charge on any atom is -0.493 e. The summed E-state index contributed by atoms with van der Waals surface area (Å²) in [5.41, 5.74) is 1.41. The van der Waals surface area contributed by atoms with Crippen LogP contribution in [0.15, 0.2) is 12.1 Å². The lowest BCUT2D eigenvalue weighted by molar-refractivity contribution is -0.144. The van der Waals surface area contributed by atoms with Crippen LogP contribution in [-0.2, 0) is 22.4 Å². The highest BCUT2D eigenvalue weighted by atomic mass is 35.5. The molecule has 3 rings (SSSR count). The number of carbonyl (C=O) groups excluding carboxylic acids is 1. The maximum absolute atomic E-state index is 12.8. The van der Waals surface area contributed by atoms with Gasteiger partial charge in [-0.1, -0.05) is 30.9 Å². The summed E-state index contributed by atoms with van der Waals surface area (Å²) in [5, 5.41) is 0.678. The van der Waals surface area contributed by atoms with E-state index in [1.54, 1.807) is 7.11 Å². The minimum atomic E-state index is -0.605. The number of ketones is 1. The summed E-state index contributed by atoms with van der Waals surface area (Å²) in [4.78, 5) is 12.8. The van der Waals surface area contributed by atoms with Gasteiger partial charge in [-0.3, -0.25) is 4.79 Å². The average molecular weight is 309 g/mol. The van der Waals surface area contributed by atoms with Crippen LogP contribution < -0.4 is 4.74 Å². The van der Waals surface area contributed by atoms with Crippen LogP contribution in [0.5, 0.6) is 5.75 Å². The first kappa shape index (κ1) is 14.9. The largest absolute Gasteiger partial charge is 0.493 e. The fourth-order valence-corrected chi connectivity index (χ4v) is 3.79. The van der Waals surface area contributed by atoms with E-state index in [1.807, 2.05) is 12.1 Å². The molecular formula is C17H21ClO3. The van der Waals surface area contributed by atoms with E-state index in [-0.39, 0.29) is 5.78 Å². The normalized spacial score (nSPS) is 19.9. The Balaban J connectivity index is 1.84. The minimum absolute atomic E-state index is 0.157. The summed E-state index contributed by atoms with van der Waals surface area (Å²) in [6.45, 7) is 0.673. The maximum atomic E-state index is 12.8. The number of Topliss-reactive ketones (excluding diaryl/α,β-unsaturated/α-hetero) is 1. The standard InChI is InChI=1S/C17H21ClO3/c1-20-17(6-3-2-4-7-17)15(19)11-13-10-14(18)9-12-5-8-21-16(12)13/h9-10H,2-8,11H2,1H3. The van der Waals surface area contributed by atoms with Gasteiger partial charge in [0.25, 0.3) is 0 Å². The molecule has 1 heterocycles. The third kappa shape index (κ3) is 2.82. The number of rotatable bonds is 4. The molecule has 1 aliphatic carbocycles. The van der Waals surface area contributed by atoms with Gasteiger partial charge in [0.15, 0.2) is 5.78 Å². The van der Waals surface area contributed by atoms with E-state index in [4.69, 9.17) is 21.1 Å². The molecule has 0 amide bonds. The molecule has 1 saturated carbocycles. The SMILES string of the molecule is COC1(C(=O)Cc2cc(Cl)cc3c2OCC3)CCCCC1. The van der Waals surface area contributed by atoms with E-state index in [0.29, 0.717) is 18.1 Å². The third-order valence-electron chi connectivity index (χ3n) is 4.74. The summed E-state index contributed by atoms with van der Waals surface area (Å²) in [6.07, 6.45) is 6.17.